The molecule has 1 saturated carbocycles. The lowest BCUT2D eigenvalue weighted by Gasteiger charge is -2.41. The van der Waals surface area contributed by atoms with E-state index in [1.54, 1.807) is 18.3 Å². The third-order valence-electron chi connectivity index (χ3n) is 4.25. The van der Waals surface area contributed by atoms with Gasteiger partial charge in [0.25, 0.3) is 0 Å². The Morgan fingerprint density at radius 2 is 2.25 bits per heavy atom. The maximum atomic E-state index is 11.9. The molecular formula is C15H20N2O3. The fourth-order valence-electron chi connectivity index (χ4n) is 3.27. The van der Waals surface area contributed by atoms with Crippen molar-refractivity contribution in [1.29, 1.82) is 0 Å². The molecule has 2 aliphatic rings. The third-order valence-corrected chi connectivity index (χ3v) is 4.25. The van der Waals surface area contributed by atoms with Crippen LogP contribution in [-0.2, 0) is 9.47 Å². The number of pyridine rings is 1. The third kappa shape index (κ3) is 2.38. The molecule has 3 rings (SSSR count). The molecule has 0 aromatic carbocycles. The van der Waals surface area contributed by atoms with Crippen LogP contribution in [0.3, 0.4) is 0 Å². The van der Waals surface area contributed by atoms with Gasteiger partial charge in [-0.15, -0.1) is 0 Å². The molecule has 1 aromatic rings. The number of methoxy groups -OCH3 is 1. The number of anilines is 1. The van der Waals surface area contributed by atoms with Crippen molar-refractivity contribution >= 4 is 11.8 Å². The summed E-state index contributed by atoms with van der Waals surface area (Å²) in [6, 6.07) is 3.53. The van der Waals surface area contributed by atoms with Gasteiger partial charge in [0.2, 0.25) is 0 Å². The van der Waals surface area contributed by atoms with Crippen LogP contribution in [0.1, 0.15) is 36.0 Å². The van der Waals surface area contributed by atoms with Crippen LogP contribution >= 0.6 is 0 Å². The minimum atomic E-state index is -0.333. The summed E-state index contributed by atoms with van der Waals surface area (Å²) in [5, 5.41) is 0. The smallest absolute Gasteiger partial charge is 0.341 e. The summed E-state index contributed by atoms with van der Waals surface area (Å²) >= 11 is 0. The van der Waals surface area contributed by atoms with Gasteiger partial charge in [-0.05, 0) is 25.0 Å². The first kappa shape index (κ1) is 13.4. The zero-order valence-electron chi connectivity index (χ0n) is 11.8. The zero-order valence-corrected chi connectivity index (χ0v) is 11.8. The summed E-state index contributed by atoms with van der Waals surface area (Å²) in [5.41, 5.74) is 0.494. The Hall–Kier alpha value is -1.62. The molecule has 1 aliphatic heterocycles. The molecule has 108 valence electrons. The predicted molar refractivity (Wildman–Crippen MR) is 74.9 cm³/mol. The van der Waals surface area contributed by atoms with E-state index in [9.17, 15) is 4.79 Å². The minimum Gasteiger partial charge on any atom is -0.465 e. The van der Waals surface area contributed by atoms with Gasteiger partial charge in [0.05, 0.1) is 19.3 Å². The number of carbonyl (C=O) groups is 1. The lowest BCUT2D eigenvalue weighted by molar-refractivity contribution is -0.0504. The van der Waals surface area contributed by atoms with Gasteiger partial charge in [0.1, 0.15) is 11.4 Å². The van der Waals surface area contributed by atoms with Crippen molar-refractivity contribution in [3.63, 3.8) is 0 Å². The van der Waals surface area contributed by atoms with Gasteiger partial charge in [0.15, 0.2) is 0 Å². The van der Waals surface area contributed by atoms with E-state index >= 15 is 0 Å². The lowest BCUT2D eigenvalue weighted by atomic mass is 9.99. The van der Waals surface area contributed by atoms with Gasteiger partial charge < -0.3 is 14.4 Å². The van der Waals surface area contributed by atoms with Crippen LogP contribution < -0.4 is 4.90 Å². The van der Waals surface area contributed by atoms with Gasteiger partial charge in [-0.3, -0.25) is 0 Å². The Balaban J connectivity index is 1.87. The molecule has 1 spiro atoms. The summed E-state index contributed by atoms with van der Waals surface area (Å²) in [5.74, 6) is 0.383. The average molecular weight is 276 g/mol. The number of hydrogen-bond donors (Lipinski definition) is 0. The molecule has 2 fully saturated rings. The highest BCUT2D eigenvalue weighted by Crippen LogP contribution is 2.37. The molecular weight excluding hydrogens is 256 g/mol. The largest absolute Gasteiger partial charge is 0.465 e. The molecule has 1 aliphatic carbocycles. The van der Waals surface area contributed by atoms with Crippen molar-refractivity contribution in [1.82, 2.24) is 4.98 Å². The van der Waals surface area contributed by atoms with Crippen molar-refractivity contribution in [2.45, 2.75) is 31.3 Å². The molecule has 0 unspecified atom stereocenters. The highest BCUT2D eigenvalue weighted by molar-refractivity contribution is 5.94. The van der Waals surface area contributed by atoms with E-state index < -0.39 is 0 Å². The Labute approximate surface area is 118 Å². The van der Waals surface area contributed by atoms with Crippen LogP contribution in [-0.4, -0.2) is 43.4 Å². The van der Waals surface area contributed by atoms with E-state index in [-0.39, 0.29) is 11.6 Å². The second-order valence-electron chi connectivity index (χ2n) is 5.53. The van der Waals surface area contributed by atoms with Crippen LogP contribution in [0, 0.1) is 0 Å². The number of rotatable bonds is 2. The Kier molecular flexibility index (Phi) is 3.61. The van der Waals surface area contributed by atoms with Crippen molar-refractivity contribution in [3.8, 4) is 0 Å². The molecule has 20 heavy (non-hydrogen) atoms. The fourth-order valence-corrected chi connectivity index (χ4v) is 3.27. The van der Waals surface area contributed by atoms with Crippen molar-refractivity contribution in [3.05, 3.63) is 23.9 Å². The molecule has 0 N–H and O–H groups in total. The highest BCUT2D eigenvalue weighted by atomic mass is 16.5. The van der Waals surface area contributed by atoms with Gasteiger partial charge in [-0.1, -0.05) is 12.8 Å². The Bertz CT molecular complexity index is 498. The maximum absolute atomic E-state index is 11.9. The second-order valence-corrected chi connectivity index (χ2v) is 5.53. The molecule has 5 heteroatoms. The predicted octanol–water partition coefficient (Wildman–Crippen LogP) is 2.02. The van der Waals surface area contributed by atoms with Gasteiger partial charge in [-0.2, -0.15) is 0 Å². The zero-order chi connectivity index (χ0) is 14.0. The second kappa shape index (κ2) is 5.40. The van der Waals surface area contributed by atoms with E-state index in [4.69, 9.17) is 9.47 Å². The first-order valence-electron chi connectivity index (χ1n) is 7.16. The van der Waals surface area contributed by atoms with Crippen LogP contribution in [0.5, 0.6) is 0 Å². The SMILES string of the molecule is COC(=O)c1cccnc1N1CCOC2(CCCC2)C1. The number of nitrogens with zero attached hydrogens (tertiary/aromatic N) is 2. The van der Waals surface area contributed by atoms with Crippen molar-refractivity contribution in [2.75, 3.05) is 31.7 Å². The molecule has 1 aromatic heterocycles. The highest BCUT2D eigenvalue weighted by Gasteiger charge is 2.40. The number of hydrogen-bond acceptors (Lipinski definition) is 5. The summed E-state index contributed by atoms with van der Waals surface area (Å²) in [4.78, 5) is 18.4. The molecule has 0 atom stereocenters. The van der Waals surface area contributed by atoms with E-state index in [1.807, 2.05) is 0 Å². The first-order valence-corrected chi connectivity index (χ1v) is 7.16. The van der Waals surface area contributed by atoms with Gasteiger partial charge in [0, 0.05) is 19.3 Å². The molecule has 2 heterocycles. The summed E-state index contributed by atoms with van der Waals surface area (Å²) < 4.78 is 10.9. The number of ether oxygens (including phenoxy) is 2. The van der Waals surface area contributed by atoms with E-state index in [2.05, 4.69) is 9.88 Å². The number of carbonyl (C=O) groups excluding carboxylic acids is 1. The topological polar surface area (TPSA) is 51.7 Å². The van der Waals surface area contributed by atoms with Gasteiger partial charge in [-0.25, -0.2) is 9.78 Å². The monoisotopic (exact) mass is 276 g/mol. The molecule has 1 saturated heterocycles. The summed E-state index contributed by atoms with van der Waals surface area (Å²) in [7, 11) is 1.40. The molecule has 0 amide bonds. The van der Waals surface area contributed by atoms with Crippen LogP contribution in [0.25, 0.3) is 0 Å². The van der Waals surface area contributed by atoms with Gasteiger partial charge >= 0.3 is 5.97 Å². The minimum absolute atomic E-state index is 0.0385. The van der Waals surface area contributed by atoms with Crippen molar-refractivity contribution in [2.24, 2.45) is 0 Å². The Morgan fingerprint density at radius 3 is 3.00 bits per heavy atom. The average Bonchev–Trinajstić information content (AvgIpc) is 2.94. The van der Waals surface area contributed by atoms with Crippen LogP contribution in [0.4, 0.5) is 5.82 Å². The first-order chi connectivity index (χ1) is 9.74. The Morgan fingerprint density at radius 1 is 1.45 bits per heavy atom. The number of morpholine rings is 1. The summed E-state index contributed by atoms with van der Waals surface area (Å²) in [6.45, 7) is 2.27. The fraction of sp³-hybridized carbons (Fsp3) is 0.600. The van der Waals surface area contributed by atoms with Crippen LogP contribution in [0.2, 0.25) is 0 Å². The van der Waals surface area contributed by atoms with E-state index in [0.717, 1.165) is 25.9 Å². The van der Waals surface area contributed by atoms with Crippen molar-refractivity contribution < 1.29 is 14.3 Å². The van der Waals surface area contributed by atoms with E-state index in [0.29, 0.717) is 18.0 Å². The maximum Gasteiger partial charge on any atom is 0.341 e. The molecule has 0 radical (unpaired) electrons. The molecule has 5 nitrogen and oxygen atoms in total. The standard InChI is InChI=1S/C15H20N2O3/c1-19-14(18)12-5-4-8-16-13(12)17-9-10-20-15(11-17)6-2-3-7-15/h4-5,8H,2-3,6-7,9-11H2,1H3. The lowest BCUT2D eigenvalue weighted by Crippen LogP contribution is -2.51. The van der Waals surface area contributed by atoms with E-state index in [1.165, 1.54) is 20.0 Å². The summed E-state index contributed by atoms with van der Waals surface area (Å²) in [6.07, 6.45) is 6.37. The molecule has 0 bridgehead atoms. The number of aromatic nitrogens is 1. The normalized spacial score (nSPS) is 21.1. The number of esters is 1. The van der Waals surface area contributed by atoms with Crippen LogP contribution in [0.15, 0.2) is 18.3 Å². The quantitative estimate of drug-likeness (QED) is 0.773.